The molecule has 1 aliphatic rings. The van der Waals surface area contributed by atoms with Crippen LogP contribution in [0.3, 0.4) is 0 Å². The average molecular weight is 220 g/mol. The lowest BCUT2D eigenvalue weighted by Crippen LogP contribution is -2.41. The first-order valence-corrected chi connectivity index (χ1v) is 5.84. The molecule has 1 aromatic rings. The third kappa shape index (κ3) is 2.36. The molecule has 0 aromatic heterocycles. The van der Waals surface area contributed by atoms with Gasteiger partial charge in [0.15, 0.2) is 0 Å². The summed E-state index contributed by atoms with van der Waals surface area (Å²) in [5, 5.41) is 3.29. The number of anilines is 1. The lowest BCUT2D eigenvalue weighted by Gasteiger charge is -2.25. The van der Waals surface area contributed by atoms with Gasteiger partial charge >= 0.3 is 0 Å². The Morgan fingerprint density at radius 1 is 1.44 bits per heavy atom. The number of ether oxygens (including phenoxy) is 1. The molecule has 3 nitrogen and oxygen atoms in total. The van der Waals surface area contributed by atoms with Crippen LogP contribution in [0, 0.1) is 0 Å². The molecule has 0 spiro atoms. The number of fused-ring (bicyclic) bond motifs is 1. The van der Waals surface area contributed by atoms with Crippen molar-refractivity contribution in [2.24, 2.45) is 0 Å². The Balaban J connectivity index is 2.02. The number of benzene rings is 1. The smallest absolute Gasteiger partial charge is 0.0633 e. The van der Waals surface area contributed by atoms with Crippen LogP contribution in [0.25, 0.3) is 0 Å². The predicted molar refractivity (Wildman–Crippen MR) is 67.1 cm³/mol. The third-order valence-electron chi connectivity index (χ3n) is 3.20. The number of hydrogen-bond donors (Lipinski definition) is 1. The van der Waals surface area contributed by atoms with Crippen LogP contribution < -0.4 is 10.2 Å². The van der Waals surface area contributed by atoms with Crippen LogP contribution in [-0.4, -0.2) is 39.9 Å². The summed E-state index contributed by atoms with van der Waals surface area (Å²) in [6.07, 6.45) is 1.17. The van der Waals surface area contributed by atoms with Crippen molar-refractivity contribution in [2.75, 3.05) is 38.8 Å². The highest BCUT2D eigenvalue weighted by Gasteiger charge is 2.20. The van der Waals surface area contributed by atoms with E-state index in [1.807, 2.05) is 7.05 Å². The fourth-order valence-corrected chi connectivity index (χ4v) is 2.29. The molecular formula is C13H20N2O. The minimum Gasteiger partial charge on any atom is -0.383 e. The summed E-state index contributed by atoms with van der Waals surface area (Å²) in [5.41, 5.74) is 2.86. The third-order valence-corrected chi connectivity index (χ3v) is 3.20. The minimum absolute atomic E-state index is 0.399. The molecule has 0 radical (unpaired) electrons. The van der Waals surface area contributed by atoms with E-state index in [0.717, 1.165) is 19.7 Å². The van der Waals surface area contributed by atoms with Crippen LogP contribution in [0.4, 0.5) is 5.69 Å². The van der Waals surface area contributed by atoms with Gasteiger partial charge in [0.1, 0.15) is 0 Å². The highest BCUT2D eigenvalue weighted by Crippen LogP contribution is 2.27. The molecule has 0 aliphatic carbocycles. The van der Waals surface area contributed by atoms with Crippen molar-refractivity contribution in [2.45, 2.75) is 12.5 Å². The number of hydrogen-bond acceptors (Lipinski definition) is 3. The molecule has 1 unspecified atom stereocenters. The van der Waals surface area contributed by atoms with Gasteiger partial charge < -0.3 is 15.0 Å². The van der Waals surface area contributed by atoms with Crippen LogP contribution in [-0.2, 0) is 11.2 Å². The van der Waals surface area contributed by atoms with Gasteiger partial charge in [0.2, 0.25) is 0 Å². The second-order valence-corrected chi connectivity index (χ2v) is 4.27. The zero-order chi connectivity index (χ0) is 11.4. The Labute approximate surface area is 97.4 Å². The van der Waals surface area contributed by atoms with Crippen LogP contribution in [0.15, 0.2) is 24.3 Å². The highest BCUT2D eigenvalue weighted by molar-refractivity contribution is 5.57. The van der Waals surface area contributed by atoms with Gasteiger partial charge in [0, 0.05) is 31.9 Å². The fourth-order valence-electron chi connectivity index (χ4n) is 2.29. The molecule has 0 bridgehead atoms. The first-order chi connectivity index (χ1) is 7.85. The van der Waals surface area contributed by atoms with E-state index in [1.54, 1.807) is 7.11 Å². The van der Waals surface area contributed by atoms with E-state index in [9.17, 15) is 0 Å². The Morgan fingerprint density at radius 3 is 3.00 bits per heavy atom. The summed E-state index contributed by atoms with van der Waals surface area (Å²) in [4.78, 5) is 2.44. The van der Waals surface area contributed by atoms with Crippen LogP contribution in [0.5, 0.6) is 0 Å². The highest BCUT2D eigenvalue weighted by atomic mass is 16.5. The molecule has 0 amide bonds. The molecule has 1 aromatic carbocycles. The second-order valence-electron chi connectivity index (χ2n) is 4.27. The number of methoxy groups -OCH3 is 1. The number of likely N-dealkylation sites (N-methyl/N-ethyl adjacent to an activating group) is 1. The van der Waals surface area contributed by atoms with E-state index in [-0.39, 0.29) is 0 Å². The quantitative estimate of drug-likeness (QED) is 0.809. The van der Waals surface area contributed by atoms with Crippen molar-refractivity contribution in [1.82, 2.24) is 5.32 Å². The Kier molecular flexibility index (Phi) is 3.80. The van der Waals surface area contributed by atoms with E-state index in [1.165, 1.54) is 17.7 Å². The van der Waals surface area contributed by atoms with Gasteiger partial charge in [0.05, 0.1) is 6.61 Å². The Morgan fingerprint density at radius 2 is 2.25 bits per heavy atom. The maximum absolute atomic E-state index is 5.20. The zero-order valence-corrected chi connectivity index (χ0v) is 10.1. The zero-order valence-electron chi connectivity index (χ0n) is 10.1. The van der Waals surface area contributed by atoms with Gasteiger partial charge in [0.25, 0.3) is 0 Å². The first-order valence-electron chi connectivity index (χ1n) is 5.84. The summed E-state index contributed by atoms with van der Waals surface area (Å²) in [5.74, 6) is 0. The van der Waals surface area contributed by atoms with Crippen molar-refractivity contribution >= 4 is 5.69 Å². The lowest BCUT2D eigenvalue weighted by atomic mass is 10.2. The largest absolute Gasteiger partial charge is 0.383 e. The SMILES string of the molecule is CNC(COC)CN1CCc2ccccc21. The molecule has 88 valence electrons. The molecule has 0 saturated carbocycles. The second kappa shape index (κ2) is 5.32. The van der Waals surface area contributed by atoms with Gasteiger partial charge in [-0.2, -0.15) is 0 Å². The normalized spacial score (nSPS) is 16.2. The van der Waals surface area contributed by atoms with E-state index >= 15 is 0 Å². The van der Waals surface area contributed by atoms with Crippen LogP contribution in [0.1, 0.15) is 5.56 Å². The van der Waals surface area contributed by atoms with Crippen molar-refractivity contribution < 1.29 is 4.74 Å². The summed E-state index contributed by atoms with van der Waals surface area (Å²) >= 11 is 0. The van der Waals surface area contributed by atoms with Gasteiger partial charge in [-0.15, -0.1) is 0 Å². The van der Waals surface area contributed by atoms with Crippen molar-refractivity contribution in [3.63, 3.8) is 0 Å². The molecule has 1 atom stereocenters. The monoisotopic (exact) mass is 220 g/mol. The average Bonchev–Trinajstić information content (AvgIpc) is 2.72. The predicted octanol–water partition coefficient (Wildman–Crippen LogP) is 1.28. The summed E-state index contributed by atoms with van der Waals surface area (Å²) < 4.78 is 5.20. The molecule has 2 rings (SSSR count). The van der Waals surface area contributed by atoms with Crippen molar-refractivity contribution in [3.8, 4) is 0 Å². The minimum atomic E-state index is 0.399. The molecule has 0 fully saturated rings. The van der Waals surface area contributed by atoms with Gasteiger partial charge in [-0.25, -0.2) is 0 Å². The number of nitrogens with zero attached hydrogens (tertiary/aromatic N) is 1. The van der Waals surface area contributed by atoms with Gasteiger partial charge in [-0.05, 0) is 25.1 Å². The first kappa shape index (κ1) is 11.4. The summed E-state index contributed by atoms with van der Waals surface area (Å²) in [6.45, 7) is 2.90. The number of nitrogens with one attached hydrogen (secondary N) is 1. The Hall–Kier alpha value is -1.06. The molecule has 3 heteroatoms. The van der Waals surface area contributed by atoms with E-state index in [2.05, 4.69) is 34.5 Å². The van der Waals surface area contributed by atoms with E-state index in [4.69, 9.17) is 4.74 Å². The molecule has 1 N–H and O–H groups in total. The maximum atomic E-state index is 5.20. The summed E-state index contributed by atoms with van der Waals surface area (Å²) in [6, 6.07) is 9.06. The summed E-state index contributed by atoms with van der Waals surface area (Å²) in [7, 11) is 3.74. The number of rotatable bonds is 5. The van der Waals surface area contributed by atoms with Gasteiger partial charge in [-0.3, -0.25) is 0 Å². The Bertz CT molecular complexity index is 340. The van der Waals surface area contributed by atoms with Crippen LogP contribution >= 0.6 is 0 Å². The fraction of sp³-hybridized carbons (Fsp3) is 0.538. The van der Waals surface area contributed by atoms with E-state index in [0.29, 0.717) is 6.04 Å². The van der Waals surface area contributed by atoms with Gasteiger partial charge in [-0.1, -0.05) is 18.2 Å². The number of para-hydroxylation sites is 1. The lowest BCUT2D eigenvalue weighted by molar-refractivity contribution is 0.171. The molecule has 16 heavy (non-hydrogen) atoms. The van der Waals surface area contributed by atoms with Crippen LogP contribution in [0.2, 0.25) is 0 Å². The van der Waals surface area contributed by atoms with E-state index < -0.39 is 0 Å². The standard InChI is InChI=1S/C13H20N2O/c1-14-12(10-16-2)9-15-8-7-11-5-3-4-6-13(11)15/h3-6,12,14H,7-10H2,1-2H3. The van der Waals surface area contributed by atoms with Crippen molar-refractivity contribution in [3.05, 3.63) is 29.8 Å². The van der Waals surface area contributed by atoms with Crippen molar-refractivity contribution in [1.29, 1.82) is 0 Å². The molecular weight excluding hydrogens is 200 g/mol. The topological polar surface area (TPSA) is 24.5 Å². The molecule has 1 heterocycles. The molecule has 1 aliphatic heterocycles. The molecule has 0 saturated heterocycles. The maximum Gasteiger partial charge on any atom is 0.0633 e.